The van der Waals surface area contributed by atoms with Crippen molar-refractivity contribution in [2.75, 3.05) is 46.4 Å². The van der Waals surface area contributed by atoms with E-state index >= 15 is 0 Å². The van der Waals surface area contributed by atoms with E-state index in [-0.39, 0.29) is 0 Å². The lowest BCUT2D eigenvalue weighted by Gasteiger charge is -2.30. The van der Waals surface area contributed by atoms with Crippen LogP contribution in [0.1, 0.15) is 0 Å². The third-order valence-electron chi connectivity index (χ3n) is 3.28. The molecule has 1 fully saturated rings. The van der Waals surface area contributed by atoms with Gasteiger partial charge in [-0.05, 0) is 24.3 Å². The second kappa shape index (κ2) is 7.42. The number of benzene rings is 1. The number of nitrogens with zero attached hydrogens (tertiary/aromatic N) is 2. The molecular weight excluding hydrogens is 314 g/mol. The number of likely N-dealkylation sites (N-methyl/N-ethyl adjacent to an activating group) is 1. The van der Waals surface area contributed by atoms with Gasteiger partial charge in [0.2, 0.25) is 0 Å². The standard InChI is InChI=1S/C13H20ClN3O3S/c1-16(21(18,19)17-8-6-15-7-9-17)10-11-20-13-4-2-12(14)3-5-13/h2-5,15H,6-11H2,1H3. The summed E-state index contributed by atoms with van der Waals surface area (Å²) in [7, 11) is -1.83. The molecule has 0 radical (unpaired) electrons. The van der Waals surface area contributed by atoms with E-state index in [0.29, 0.717) is 50.1 Å². The summed E-state index contributed by atoms with van der Waals surface area (Å²) >= 11 is 5.79. The van der Waals surface area contributed by atoms with Crippen molar-refractivity contribution in [3.05, 3.63) is 29.3 Å². The lowest BCUT2D eigenvalue weighted by Crippen LogP contribution is -2.51. The molecule has 0 aromatic heterocycles. The summed E-state index contributed by atoms with van der Waals surface area (Å²) in [5.74, 6) is 0.673. The van der Waals surface area contributed by atoms with Crippen molar-refractivity contribution in [3.8, 4) is 5.75 Å². The van der Waals surface area contributed by atoms with Crippen molar-refractivity contribution in [1.82, 2.24) is 13.9 Å². The third kappa shape index (κ3) is 4.55. The quantitative estimate of drug-likeness (QED) is 0.836. The van der Waals surface area contributed by atoms with E-state index in [1.54, 1.807) is 31.3 Å². The van der Waals surface area contributed by atoms with E-state index in [9.17, 15) is 8.42 Å². The summed E-state index contributed by atoms with van der Waals surface area (Å²) in [5.41, 5.74) is 0. The maximum Gasteiger partial charge on any atom is 0.281 e. The fourth-order valence-electron chi connectivity index (χ4n) is 2.01. The van der Waals surface area contributed by atoms with Gasteiger partial charge in [-0.25, -0.2) is 0 Å². The summed E-state index contributed by atoms with van der Waals surface area (Å²) in [6, 6.07) is 6.98. The number of ether oxygens (including phenoxy) is 1. The lowest BCUT2D eigenvalue weighted by atomic mass is 10.3. The van der Waals surface area contributed by atoms with Gasteiger partial charge in [-0.2, -0.15) is 17.0 Å². The minimum absolute atomic E-state index is 0.295. The predicted molar refractivity (Wildman–Crippen MR) is 82.9 cm³/mol. The van der Waals surface area contributed by atoms with Gasteiger partial charge in [0.25, 0.3) is 10.2 Å². The monoisotopic (exact) mass is 333 g/mol. The van der Waals surface area contributed by atoms with Crippen LogP contribution in [-0.4, -0.2) is 63.4 Å². The molecule has 8 heteroatoms. The fraction of sp³-hybridized carbons (Fsp3) is 0.538. The molecule has 2 rings (SSSR count). The number of nitrogens with one attached hydrogen (secondary N) is 1. The normalized spacial score (nSPS) is 17.1. The number of hydrogen-bond donors (Lipinski definition) is 1. The van der Waals surface area contributed by atoms with Crippen LogP contribution in [0.25, 0.3) is 0 Å². The number of halogens is 1. The molecule has 21 heavy (non-hydrogen) atoms. The van der Waals surface area contributed by atoms with E-state index in [2.05, 4.69) is 5.32 Å². The van der Waals surface area contributed by atoms with E-state index in [0.717, 1.165) is 0 Å². The molecule has 0 atom stereocenters. The van der Waals surface area contributed by atoms with E-state index in [1.165, 1.54) is 8.61 Å². The van der Waals surface area contributed by atoms with Crippen molar-refractivity contribution >= 4 is 21.8 Å². The van der Waals surface area contributed by atoms with Crippen molar-refractivity contribution in [3.63, 3.8) is 0 Å². The van der Waals surface area contributed by atoms with Crippen molar-refractivity contribution in [2.24, 2.45) is 0 Å². The fourth-order valence-corrected chi connectivity index (χ4v) is 3.48. The minimum atomic E-state index is -3.40. The first-order valence-corrected chi connectivity index (χ1v) is 8.58. The summed E-state index contributed by atoms with van der Waals surface area (Å²) in [4.78, 5) is 0. The van der Waals surface area contributed by atoms with Crippen LogP contribution in [0.2, 0.25) is 5.02 Å². The van der Waals surface area contributed by atoms with Crippen LogP contribution in [0.3, 0.4) is 0 Å². The van der Waals surface area contributed by atoms with Crippen LogP contribution < -0.4 is 10.1 Å². The molecule has 6 nitrogen and oxygen atoms in total. The highest BCUT2D eigenvalue weighted by Gasteiger charge is 2.27. The van der Waals surface area contributed by atoms with Crippen LogP contribution in [0.4, 0.5) is 0 Å². The highest BCUT2D eigenvalue weighted by molar-refractivity contribution is 7.86. The van der Waals surface area contributed by atoms with Gasteiger partial charge in [0, 0.05) is 44.8 Å². The lowest BCUT2D eigenvalue weighted by molar-refractivity contribution is 0.271. The van der Waals surface area contributed by atoms with Gasteiger partial charge in [0.1, 0.15) is 12.4 Å². The highest BCUT2D eigenvalue weighted by Crippen LogP contribution is 2.15. The van der Waals surface area contributed by atoms with Crippen LogP contribution in [0.5, 0.6) is 5.75 Å². The van der Waals surface area contributed by atoms with Gasteiger partial charge >= 0.3 is 0 Å². The molecular formula is C13H20ClN3O3S. The Bertz CT molecular complexity index is 544. The van der Waals surface area contributed by atoms with Crippen LogP contribution in [0.15, 0.2) is 24.3 Å². The average molecular weight is 334 g/mol. The van der Waals surface area contributed by atoms with E-state index in [4.69, 9.17) is 16.3 Å². The van der Waals surface area contributed by atoms with Crippen molar-refractivity contribution in [2.45, 2.75) is 0 Å². The molecule has 0 saturated carbocycles. The molecule has 118 valence electrons. The number of rotatable bonds is 6. The average Bonchev–Trinajstić information content (AvgIpc) is 2.50. The Labute approximate surface area is 130 Å². The summed E-state index contributed by atoms with van der Waals surface area (Å²) in [5, 5.41) is 3.77. The van der Waals surface area contributed by atoms with E-state index in [1.807, 2.05) is 0 Å². The third-order valence-corrected chi connectivity index (χ3v) is 5.52. The second-order valence-electron chi connectivity index (χ2n) is 4.78. The minimum Gasteiger partial charge on any atom is -0.492 e. The molecule has 1 saturated heterocycles. The molecule has 0 bridgehead atoms. The van der Waals surface area contributed by atoms with Gasteiger partial charge < -0.3 is 10.1 Å². The molecule has 0 unspecified atom stereocenters. The molecule has 0 amide bonds. The Morgan fingerprint density at radius 3 is 2.52 bits per heavy atom. The van der Waals surface area contributed by atoms with Crippen LogP contribution in [0, 0.1) is 0 Å². The summed E-state index contributed by atoms with van der Waals surface area (Å²) in [6.45, 7) is 2.98. The SMILES string of the molecule is CN(CCOc1ccc(Cl)cc1)S(=O)(=O)N1CCNCC1. The maximum atomic E-state index is 12.3. The highest BCUT2D eigenvalue weighted by atomic mass is 35.5. The smallest absolute Gasteiger partial charge is 0.281 e. The summed E-state index contributed by atoms with van der Waals surface area (Å²) in [6.07, 6.45) is 0. The van der Waals surface area contributed by atoms with Gasteiger partial charge in [0.15, 0.2) is 0 Å². The summed E-state index contributed by atoms with van der Waals surface area (Å²) < 4.78 is 33.0. The molecule has 1 aliphatic heterocycles. The topological polar surface area (TPSA) is 61.9 Å². The maximum absolute atomic E-state index is 12.3. The first kappa shape index (κ1) is 16.5. The van der Waals surface area contributed by atoms with Crippen LogP contribution in [-0.2, 0) is 10.2 Å². The Morgan fingerprint density at radius 2 is 1.90 bits per heavy atom. The molecule has 1 aromatic rings. The molecule has 1 heterocycles. The van der Waals surface area contributed by atoms with Gasteiger partial charge in [-0.3, -0.25) is 0 Å². The molecule has 1 aliphatic rings. The zero-order valence-electron chi connectivity index (χ0n) is 12.0. The van der Waals surface area contributed by atoms with Gasteiger partial charge in [-0.1, -0.05) is 11.6 Å². The van der Waals surface area contributed by atoms with Gasteiger partial charge in [-0.15, -0.1) is 0 Å². The number of hydrogen-bond acceptors (Lipinski definition) is 4. The first-order chi connectivity index (χ1) is 10.00. The van der Waals surface area contributed by atoms with Gasteiger partial charge in [0.05, 0.1) is 0 Å². The Balaban J connectivity index is 1.83. The Kier molecular flexibility index (Phi) is 5.83. The molecule has 0 spiro atoms. The zero-order chi connectivity index (χ0) is 15.3. The Morgan fingerprint density at radius 1 is 1.29 bits per heavy atom. The molecule has 1 N–H and O–H groups in total. The Hall–Kier alpha value is -0.860. The largest absolute Gasteiger partial charge is 0.492 e. The second-order valence-corrected chi connectivity index (χ2v) is 7.25. The molecule has 0 aliphatic carbocycles. The molecule has 1 aromatic carbocycles. The zero-order valence-corrected chi connectivity index (χ0v) is 13.5. The van der Waals surface area contributed by atoms with E-state index < -0.39 is 10.2 Å². The number of piperazine rings is 1. The predicted octanol–water partition coefficient (Wildman–Crippen LogP) is 0.801. The van der Waals surface area contributed by atoms with Crippen molar-refractivity contribution < 1.29 is 13.2 Å². The van der Waals surface area contributed by atoms with Crippen molar-refractivity contribution in [1.29, 1.82) is 0 Å². The first-order valence-electron chi connectivity index (χ1n) is 6.80. The van der Waals surface area contributed by atoms with Crippen LogP contribution >= 0.6 is 11.6 Å².